The molecule has 2 aliphatic rings. The van der Waals surface area contributed by atoms with E-state index in [1.807, 2.05) is 0 Å². The van der Waals surface area contributed by atoms with Gasteiger partial charge in [-0.05, 0) is 38.1 Å². The lowest BCUT2D eigenvalue weighted by atomic mass is 9.90. The van der Waals surface area contributed by atoms with Crippen molar-refractivity contribution in [1.29, 1.82) is 0 Å². The molecule has 1 heterocycles. The Balaban J connectivity index is 1.95. The van der Waals surface area contributed by atoms with E-state index in [1.165, 1.54) is 50.8 Å². The van der Waals surface area contributed by atoms with Crippen molar-refractivity contribution in [2.75, 3.05) is 13.1 Å². The lowest BCUT2D eigenvalue weighted by Crippen LogP contribution is -2.36. The first kappa shape index (κ1) is 9.26. The van der Waals surface area contributed by atoms with Crippen molar-refractivity contribution in [3.05, 3.63) is 12.2 Å². The van der Waals surface area contributed by atoms with Crippen molar-refractivity contribution in [2.45, 2.75) is 45.1 Å². The summed E-state index contributed by atoms with van der Waals surface area (Å²) in [6.45, 7) is 9.21. The monoisotopic (exact) mass is 179 g/mol. The van der Waals surface area contributed by atoms with Crippen LogP contribution in [-0.4, -0.2) is 24.0 Å². The van der Waals surface area contributed by atoms with Crippen molar-refractivity contribution in [3.8, 4) is 0 Å². The van der Waals surface area contributed by atoms with Crippen molar-refractivity contribution >= 4 is 0 Å². The second-order valence-corrected chi connectivity index (χ2v) is 4.81. The van der Waals surface area contributed by atoms with E-state index in [0.717, 1.165) is 12.0 Å². The molecule has 0 aromatic heterocycles. The van der Waals surface area contributed by atoms with Crippen LogP contribution in [0.4, 0.5) is 0 Å². The maximum Gasteiger partial charge on any atom is 0.0305 e. The Morgan fingerprint density at radius 3 is 2.77 bits per heavy atom. The van der Waals surface area contributed by atoms with Crippen molar-refractivity contribution in [1.82, 2.24) is 4.90 Å². The summed E-state index contributed by atoms with van der Waals surface area (Å²) in [5.41, 5.74) is 1.50. The van der Waals surface area contributed by atoms with Gasteiger partial charge in [0, 0.05) is 12.6 Å². The number of hydrogen-bond donors (Lipinski definition) is 0. The zero-order chi connectivity index (χ0) is 9.26. The van der Waals surface area contributed by atoms with Gasteiger partial charge in [-0.1, -0.05) is 25.5 Å². The Bertz CT molecular complexity index is 197. The molecule has 0 aromatic carbocycles. The summed E-state index contributed by atoms with van der Waals surface area (Å²) in [6, 6.07) is 0.735. The molecular weight excluding hydrogens is 158 g/mol. The molecule has 13 heavy (non-hydrogen) atoms. The summed E-state index contributed by atoms with van der Waals surface area (Å²) < 4.78 is 0. The normalized spacial score (nSPS) is 36.8. The molecule has 74 valence electrons. The van der Waals surface area contributed by atoms with Gasteiger partial charge >= 0.3 is 0 Å². The third kappa shape index (κ3) is 1.96. The molecular formula is C12H21N. The first-order valence-corrected chi connectivity index (χ1v) is 5.69. The topological polar surface area (TPSA) is 3.24 Å². The predicted octanol–water partition coefficient (Wildman–Crippen LogP) is 2.83. The van der Waals surface area contributed by atoms with Crippen LogP contribution in [-0.2, 0) is 0 Å². The SMILES string of the molecule is C=C1CCCCC1N1CCC(C)C1. The Hall–Kier alpha value is -0.300. The molecule has 1 saturated carbocycles. The fraction of sp³-hybridized carbons (Fsp3) is 0.833. The van der Waals surface area contributed by atoms with E-state index in [1.54, 1.807) is 0 Å². The minimum Gasteiger partial charge on any atom is -0.296 e. The molecule has 2 unspecified atom stereocenters. The van der Waals surface area contributed by atoms with Crippen molar-refractivity contribution in [2.24, 2.45) is 5.92 Å². The van der Waals surface area contributed by atoms with Crippen molar-refractivity contribution < 1.29 is 0 Å². The van der Waals surface area contributed by atoms with Crippen LogP contribution < -0.4 is 0 Å². The van der Waals surface area contributed by atoms with Crippen LogP contribution in [0.1, 0.15) is 39.0 Å². The highest BCUT2D eigenvalue weighted by molar-refractivity contribution is 5.09. The minimum absolute atomic E-state index is 0.735. The first-order valence-electron chi connectivity index (χ1n) is 5.69. The summed E-state index contributed by atoms with van der Waals surface area (Å²) in [5.74, 6) is 0.912. The third-order valence-corrected chi connectivity index (χ3v) is 3.59. The summed E-state index contributed by atoms with van der Waals surface area (Å²) in [5, 5.41) is 0. The average molecular weight is 179 g/mol. The van der Waals surface area contributed by atoms with Crippen LogP contribution in [0.2, 0.25) is 0 Å². The Kier molecular flexibility index (Phi) is 2.73. The van der Waals surface area contributed by atoms with Gasteiger partial charge in [0.1, 0.15) is 0 Å². The highest BCUT2D eigenvalue weighted by Crippen LogP contribution is 2.30. The molecule has 0 aromatic rings. The fourth-order valence-electron chi connectivity index (χ4n) is 2.75. The van der Waals surface area contributed by atoms with Gasteiger partial charge in [-0.2, -0.15) is 0 Å². The quantitative estimate of drug-likeness (QED) is 0.559. The van der Waals surface area contributed by atoms with Gasteiger partial charge < -0.3 is 0 Å². The number of likely N-dealkylation sites (tertiary alicyclic amines) is 1. The first-order chi connectivity index (χ1) is 6.27. The van der Waals surface area contributed by atoms with Gasteiger partial charge in [0.25, 0.3) is 0 Å². The zero-order valence-electron chi connectivity index (χ0n) is 8.76. The molecule has 0 radical (unpaired) electrons. The Morgan fingerprint density at radius 1 is 1.31 bits per heavy atom. The Morgan fingerprint density at radius 2 is 2.15 bits per heavy atom. The molecule has 2 fully saturated rings. The van der Waals surface area contributed by atoms with Gasteiger partial charge in [0.15, 0.2) is 0 Å². The van der Waals surface area contributed by atoms with Crippen LogP contribution in [0, 0.1) is 5.92 Å². The summed E-state index contributed by atoms with van der Waals surface area (Å²) in [7, 11) is 0. The van der Waals surface area contributed by atoms with Crippen LogP contribution in [0.15, 0.2) is 12.2 Å². The molecule has 0 spiro atoms. The summed E-state index contributed by atoms with van der Waals surface area (Å²) in [4.78, 5) is 2.66. The van der Waals surface area contributed by atoms with Crippen LogP contribution in [0.3, 0.4) is 0 Å². The minimum atomic E-state index is 0.735. The molecule has 1 heteroatoms. The molecule has 2 rings (SSSR count). The van der Waals surface area contributed by atoms with E-state index < -0.39 is 0 Å². The predicted molar refractivity (Wildman–Crippen MR) is 56.8 cm³/mol. The molecule has 1 aliphatic heterocycles. The lowest BCUT2D eigenvalue weighted by Gasteiger charge is -2.32. The van der Waals surface area contributed by atoms with E-state index in [2.05, 4.69) is 18.4 Å². The zero-order valence-corrected chi connectivity index (χ0v) is 8.76. The highest BCUT2D eigenvalue weighted by Gasteiger charge is 2.28. The second-order valence-electron chi connectivity index (χ2n) is 4.81. The van der Waals surface area contributed by atoms with Crippen LogP contribution in [0.25, 0.3) is 0 Å². The smallest absolute Gasteiger partial charge is 0.0305 e. The van der Waals surface area contributed by atoms with E-state index >= 15 is 0 Å². The molecule has 1 aliphatic carbocycles. The number of rotatable bonds is 1. The van der Waals surface area contributed by atoms with Gasteiger partial charge in [0.05, 0.1) is 0 Å². The molecule has 1 nitrogen and oxygen atoms in total. The molecule has 0 N–H and O–H groups in total. The number of hydrogen-bond acceptors (Lipinski definition) is 1. The van der Waals surface area contributed by atoms with E-state index in [9.17, 15) is 0 Å². The van der Waals surface area contributed by atoms with Crippen LogP contribution in [0.5, 0.6) is 0 Å². The second kappa shape index (κ2) is 3.83. The summed E-state index contributed by atoms with van der Waals surface area (Å²) >= 11 is 0. The molecule has 1 saturated heterocycles. The van der Waals surface area contributed by atoms with E-state index in [-0.39, 0.29) is 0 Å². The van der Waals surface area contributed by atoms with Gasteiger partial charge in [-0.15, -0.1) is 0 Å². The largest absolute Gasteiger partial charge is 0.296 e. The van der Waals surface area contributed by atoms with Gasteiger partial charge in [-0.25, -0.2) is 0 Å². The summed E-state index contributed by atoms with van der Waals surface area (Å²) in [6.07, 6.45) is 6.82. The van der Waals surface area contributed by atoms with Gasteiger partial charge in [-0.3, -0.25) is 4.90 Å². The Labute approximate surface area is 81.8 Å². The maximum absolute atomic E-state index is 4.22. The molecule has 2 atom stereocenters. The van der Waals surface area contributed by atoms with Crippen LogP contribution >= 0.6 is 0 Å². The standard InChI is InChI=1S/C12H21N/c1-10-7-8-13(9-10)12-6-4-3-5-11(12)2/h10,12H,2-9H2,1H3. The maximum atomic E-state index is 4.22. The molecule has 0 bridgehead atoms. The lowest BCUT2D eigenvalue weighted by molar-refractivity contribution is 0.232. The molecule has 0 amide bonds. The van der Waals surface area contributed by atoms with Gasteiger partial charge in [0.2, 0.25) is 0 Å². The van der Waals surface area contributed by atoms with Crippen molar-refractivity contribution in [3.63, 3.8) is 0 Å². The average Bonchev–Trinajstić information content (AvgIpc) is 2.53. The van der Waals surface area contributed by atoms with E-state index in [4.69, 9.17) is 0 Å². The number of nitrogens with zero attached hydrogens (tertiary/aromatic N) is 1. The highest BCUT2D eigenvalue weighted by atomic mass is 15.2. The fourth-order valence-corrected chi connectivity index (χ4v) is 2.75. The third-order valence-electron chi connectivity index (χ3n) is 3.59. The van der Waals surface area contributed by atoms with E-state index in [0.29, 0.717) is 0 Å².